The SMILES string of the molecule is CCCc1cc(NC2CCN(CCCc3ccccc3)C2=O)n2ncnc2n1. The second kappa shape index (κ2) is 8.37. The molecule has 1 aliphatic rings. The molecule has 1 amide bonds. The van der Waals surface area contributed by atoms with Crippen molar-refractivity contribution in [3.05, 3.63) is 54.0 Å². The number of carbonyl (C=O) groups excluding carboxylic acids is 1. The molecule has 28 heavy (non-hydrogen) atoms. The van der Waals surface area contributed by atoms with E-state index in [1.54, 1.807) is 4.52 Å². The maximum atomic E-state index is 12.8. The Labute approximate surface area is 164 Å². The summed E-state index contributed by atoms with van der Waals surface area (Å²) in [5.41, 5.74) is 2.29. The van der Waals surface area contributed by atoms with E-state index in [2.05, 4.69) is 51.6 Å². The molecule has 3 aromatic rings. The molecule has 2 aromatic heterocycles. The Morgan fingerprint density at radius 1 is 1.21 bits per heavy atom. The Balaban J connectivity index is 1.39. The van der Waals surface area contributed by atoms with Gasteiger partial charge in [-0.25, -0.2) is 4.98 Å². The molecule has 1 N–H and O–H groups in total. The van der Waals surface area contributed by atoms with Crippen molar-refractivity contribution in [2.45, 2.75) is 45.1 Å². The van der Waals surface area contributed by atoms with Crippen LogP contribution in [-0.4, -0.2) is 49.5 Å². The lowest BCUT2D eigenvalue weighted by molar-refractivity contribution is -0.128. The number of hydrogen-bond donors (Lipinski definition) is 1. The molecular weight excluding hydrogens is 352 g/mol. The molecule has 1 aliphatic heterocycles. The molecule has 0 bridgehead atoms. The van der Waals surface area contributed by atoms with E-state index in [-0.39, 0.29) is 11.9 Å². The molecule has 4 rings (SSSR count). The van der Waals surface area contributed by atoms with Crippen LogP contribution in [0.5, 0.6) is 0 Å². The molecule has 1 fully saturated rings. The molecule has 1 unspecified atom stereocenters. The van der Waals surface area contributed by atoms with Gasteiger partial charge in [0.15, 0.2) is 0 Å². The maximum absolute atomic E-state index is 12.8. The van der Waals surface area contributed by atoms with Crippen LogP contribution in [0.1, 0.15) is 37.4 Å². The van der Waals surface area contributed by atoms with Gasteiger partial charge in [0.25, 0.3) is 5.78 Å². The van der Waals surface area contributed by atoms with Crippen LogP contribution >= 0.6 is 0 Å². The van der Waals surface area contributed by atoms with Gasteiger partial charge in [-0.05, 0) is 31.2 Å². The number of hydrogen-bond acceptors (Lipinski definition) is 5. The average molecular weight is 378 g/mol. The van der Waals surface area contributed by atoms with E-state index >= 15 is 0 Å². The van der Waals surface area contributed by atoms with Crippen LogP contribution in [0, 0.1) is 0 Å². The first kappa shape index (κ1) is 18.4. The van der Waals surface area contributed by atoms with E-state index in [1.165, 1.54) is 11.9 Å². The van der Waals surface area contributed by atoms with Crippen LogP contribution in [0.15, 0.2) is 42.7 Å². The Kier molecular flexibility index (Phi) is 5.50. The number of aromatic nitrogens is 4. The highest BCUT2D eigenvalue weighted by atomic mass is 16.2. The number of fused-ring (bicyclic) bond motifs is 1. The molecule has 146 valence electrons. The minimum atomic E-state index is -0.221. The predicted molar refractivity (Wildman–Crippen MR) is 108 cm³/mol. The summed E-state index contributed by atoms with van der Waals surface area (Å²) in [6.45, 7) is 3.71. The number of likely N-dealkylation sites (tertiary alicyclic amines) is 1. The third-order valence-electron chi connectivity index (χ3n) is 5.17. The molecule has 1 saturated heterocycles. The molecule has 0 aliphatic carbocycles. The van der Waals surface area contributed by atoms with Gasteiger partial charge in [-0.15, -0.1) is 0 Å². The van der Waals surface area contributed by atoms with Crippen LogP contribution < -0.4 is 5.32 Å². The van der Waals surface area contributed by atoms with Gasteiger partial charge in [0.1, 0.15) is 18.2 Å². The quantitative estimate of drug-likeness (QED) is 0.652. The third-order valence-corrected chi connectivity index (χ3v) is 5.17. The summed E-state index contributed by atoms with van der Waals surface area (Å²) < 4.78 is 1.67. The van der Waals surface area contributed by atoms with Crippen molar-refractivity contribution in [2.24, 2.45) is 0 Å². The summed E-state index contributed by atoms with van der Waals surface area (Å²) in [7, 11) is 0. The Morgan fingerprint density at radius 3 is 2.89 bits per heavy atom. The van der Waals surface area contributed by atoms with Crippen molar-refractivity contribution in [2.75, 3.05) is 18.4 Å². The van der Waals surface area contributed by atoms with Gasteiger partial charge >= 0.3 is 0 Å². The van der Waals surface area contributed by atoms with Gasteiger partial charge in [-0.1, -0.05) is 43.7 Å². The first-order chi connectivity index (χ1) is 13.7. The molecule has 7 nitrogen and oxygen atoms in total. The average Bonchev–Trinajstić information content (AvgIpc) is 3.31. The van der Waals surface area contributed by atoms with Crippen molar-refractivity contribution in [3.8, 4) is 0 Å². The van der Waals surface area contributed by atoms with Gasteiger partial charge < -0.3 is 10.2 Å². The fourth-order valence-corrected chi connectivity index (χ4v) is 3.74. The first-order valence-corrected chi connectivity index (χ1v) is 10.0. The molecule has 0 saturated carbocycles. The van der Waals surface area contributed by atoms with Gasteiger partial charge in [-0.2, -0.15) is 14.6 Å². The van der Waals surface area contributed by atoms with Crippen LogP contribution in [0.3, 0.4) is 0 Å². The Hall–Kier alpha value is -2.96. The number of benzene rings is 1. The Morgan fingerprint density at radius 2 is 2.07 bits per heavy atom. The lowest BCUT2D eigenvalue weighted by Crippen LogP contribution is -2.34. The highest BCUT2D eigenvalue weighted by Gasteiger charge is 2.31. The van der Waals surface area contributed by atoms with E-state index in [9.17, 15) is 4.79 Å². The van der Waals surface area contributed by atoms with Crippen LogP contribution in [-0.2, 0) is 17.6 Å². The summed E-state index contributed by atoms with van der Waals surface area (Å²) in [5, 5.41) is 7.63. The summed E-state index contributed by atoms with van der Waals surface area (Å²) >= 11 is 0. The molecule has 1 aromatic carbocycles. The number of rotatable bonds is 8. The van der Waals surface area contributed by atoms with E-state index in [4.69, 9.17) is 0 Å². The third kappa shape index (κ3) is 3.98. The number of amides is 1. The van der Waals surface area contributed by atoms with Gasteiger partial charge in [0.05, 0.1) is 0 Å². The van der Waals surface area contributed by atoms with Gasteiger partial charge in [-0.3, -0.25) is 4.79 Å². The molecule has 1 atom stereocenters. The zero-order valence-corrected chi connectivity index (χ0v) is 16.2. The number of carbonyl (C=O) groups is 1. The van der Waals surface area contributed by atoms with E-state index < -0.39 is 0 Å². The summed E-state index contributed by atoms with van der Waals surface area (Å²) in [6.07, 6.45) is 6.15. The molecule has 0 spiro atoms. The fraction of sp³-hybridized carbons (Fsp3) is 0.429. The highest BCUT2D eigenvalue weighted by molar-refractivity contribution is 5.86. The summed E-state index contributed by atoms with van der Waals surface area (Å²) in [6, 6.07) is 12.2. The van der Waals surface area contributed by atoms with Crippen molar-refractivity contribution < 1.29 is 4.79 Å². The standard InChI is InChI=1S/C21H26N6O/c1-2-7-17-14-19(27-21(24-17)22-15-23-27)25-18-11-13-26(20(18)28)12-6-10-16-8-4-3-5-9-16/h3-5,8-9,14-15,18,25H,2,6-7,10-13H2,1H3. The fourth-order valence-electron chi connectivity index (χ4n) is 3.74. The molecule has 0 radical (unpaired) electrons. The van der Waals surface area contributed by atoms with Crippen molar-refractivity contribution >= 4 is 17.5 Å². The minimum Gasteiger partial charge on any atom is -0.358 e. The summed E-state index contributed by atoms with van der Waals surface area (Å²) in [4.78, 5) is 23.5. The minimum absolute atomic E-state index is 0.162. The second-order valence-electron chi connectivity index (χ2n) is 7.25. The number of nitrogens with zero attached hydrogens (tertiary/aromatic N) is 5. The van der Waals surface area contributed by atoms with Gasteiger partial charge in [0.2, 0.25) is 5.91 Å². The van der Waals surface area contributed by atoms with E-state index in [0.29, 0.717) is 5.78 Å². The molecular formula is C21H26N6O. The second-order valence-corrected chi connectivity index (χ2v) is 7.25. The van der Waals surface area contributed by atoms with E-state index in [1.807, 2.05) is 17.0 Å². The van der Waals surface area contributed by atoms with Crippen LogP contribution in [0.25, 0.3) is 5.78 Å². The zero-order valence-electron chi connectivity index (χ0n) is 16.2. The van der Waals surface area contributed by atoms with Crippen molar-refractivity contribution in [3.63, 3.8) is 0 Å². The van der Waals surface area contributed by atoms with Crippen LogP contribution in [0.4, 0.5) is 5.82 Å². The van der Waals surface area contributed by atoms with Crippen molar-refractivity contribution in [1.29, 1.82) is 0 Å². The number of anilines is 1. The zero-order chi connectivity index (χ0) is 19.3. The normalized spacial score (nSPS) is 16.8. The first-order valence-electron chi connectivity index (χ1n) is 10.0. The van der Waals surface area contributed by atoms with Crippen molar-refractivity contribution in [1.82, 2.24) is 24.5 Å². The lowest BCUT2D eigenvalue weighted by Gasteiger charge is -2.18. The Bertz CT molecular complexity index is 938. The summed E-state index contributed by atoms with van der Waals surface area (Å²) in [5.74, 6) is 1.52. The van der Waals surface area contributed by atoms with Crippen LogP contribution in [0.2, 0.25) is 0 Å². The van der Waals surface area contributed by atoms with Gasteiger partial charge in [0, 0.05) is 24.8 Å². The number of nitrogens with one attached hydrogen (secondary N) is 1. The predicted octanol–water partition coefficient (Wildman–Crippen LogP) is 2.72. The maximum Gasteiger partial charge on any atom is 0.254 e. The number of aryl methyl sites for hydroxylation is 2. The largest absolute Gasteiger partial charge is 0.358 e. The lowest BCUT2D eigenvalue weighted by atomic mass is 10.1. The topological polar surface area (TPSA) is 75.4 Å². The molecule has 3 heterocycles. The highest BCUT2D eigenvalue weighted by Crippen LogP contribution is 2.19. The monoisotopic (exact) mass is 378 g/mol. The smallest absolute Gasteiger partial charge is 0.254 e. The van der Waals surface area contributed by atoms with E-state index in [0.717, 1.165) is 56.7 Å². The molecule has 7 heteroatoms.